The highest BCUT2D eigenvalue weighted by Gasteiger charge is 2.55. The average molecular weight is 391 g/mol. The summed E-state index contributed by atoms with van der Waals surface area (Å²) >= 11 is 0. The molecule has 2 fully saturated rings. The van der Waals surface area contributed by atoms with Crippen molar-refractivity contribution in [3.8, 4) is 0 Å². The second kappa shape index (κ2) is 6.94. The van der Waals surface area contributed by atoms with E-state index in [0.29, 0.717) is 29.5 Å². The van der Waals surface area contributed by atoms with E-state index in [2.05, 4.69) is 38.1 Å². The number of aliphatic hydroxyl groups is 1. The molecule has 0 aliphatic heterocycles. The summed E-state index contributed by atoms with van der Waals surface area (Å²) < 4.78 is 0. The van der Waals surface area contributed by atoms with E-state index in [1.165, 1.54) is 42.4 Å². The van der Waals surface area contributed by atoms with Gasteiger partial charge >= 0.3 is 0 Å². The van der Waals surface area contributed by atoms with Gasteiger partial charge in [0.05, 0.1) is 6.10 Å². The Kier molecular flexibility index (Phi) is 4.62. The molecule has 0 radical (unpaired) electrons. The van der Waals surface area contributed by atoms with Gasteiger partial charge in [0.1, 0.15) is 0 Å². The first kappa shape index (κ1) is 19.3. The van der Waals surface area contributed by atoms with Gasteiger partial charge in [0.25, 0.3) is 0 Å². The molecule has 2 nitrogen and oxygen atoms in total. The first-order chi connectivity index (χ1) is 13.9. The van der Waals surface area contributed by atoms with Gasteiger partial charge in [-0.1, -0.05) is 43.7 Å². The molecule has 0 aromatic heterocycles. The fourth-order valence-corrected chi connectivity index (χ4v) is 7.21. The van der Waals surface area contributed by atoms with Crippen molar-refractivity contribution in [1.82, 2.24) is 0 Å². The highest BCUT2D eigenvalue weighted by molar-refractivity contribution is 5.93. The molecule has 154 valence electrons. The summed E-state index contributed by atoms with van der Waals surface area (Å²) in [4.78, 5) is 12.1. The van der Waals surface area contributed by atoms with Crippen LogP contribution >= 0.6 is 0 Å². The summed E-state index contributed by atoms with van der Waals surface area (Å²) in [6, 6.07) is 8.73. The van der Waals surface area contributed by atoms with Crippen LogP contribution < -0.4 is 0 Å². The molecular weight excluding hydrogens is 356 g/mol. The Labute approximate surface area is 175 Å². The number of allylic oxidation sites excluding steroid dienone is 4. The van der Waals surface area contributed by atoms with E-state index in [1.54, 1.807) is 5.57 Å². The summed E-state index contributed by atoms with van der Waals surface area (Å²) in [5, 5.41) is 9.94. The molecule has 0 amide bonds. The maximum atomic E-state index is 12.1. The molecule has 0 saturated heterocycles. The van der Waals surface area contributed by atoms with Gasteiger partial charge in [0, 0.05) is 12.3 Å². The predicted molar refractivity (Wildman–Crippen MR) is 117 cm³/mol. The van der Waals surface area contributed by atoms with Crippen LogP contribution in [0.15, 0.2) is 47.1 Å². The van der Waals surface area contributed by atoms with Crippen LogP contribution in [-0.4, -0.2) is 10.9 Å². The van der Waals surface area contributed by atoms with Crippen molar-refractivity contribution in [3.05, 3.63) is 58.2 Å². The van der Waals surface area contributed by atoms with Crippen LogP contribution in [0.2, 0.25) is 0 Å². The van der Waals surface area contributed by atoms with Crippen molar-refractivity contribution < 1.29 is 9.90 Å². The topological polar surface area (TPSA) is 37.3 Å². The minimum atomic E-state index is -0.421. The van der Waals surface area contributed by atoms with E-state index >= 15 is 0 Å². The SMILES string of the molecule is CC(O)c1ccc(C2CC3(C)C(C)CCC3C3CCC4=CC(=O)CCC4=C23)cc1. The summed E-state index contributed by atoms with van der Waals surface area (Å²) in [6.07, 6.45) is 9.41. The smallest absolute Gasteiger partial charge is 0.156 e. The first-order valence-electron chi connectivity index (χ1n) is 11.6. The van der Waals surface area contributed by atoms with Crippen LogP contribution in [-0.2, 0) is 4.79 Å². The molecule has 1 N–H and O–H groups in total. The van der Waals surface area contributed by atoms with Crippen molar-refractivity contribution in [2.45, 2.75) is 77.7 Å². The van der Waals surface area contributed by atoms with Crippen molar-refractivity contribution >= 4 is 5.78 Å². The third kappa shape index (κ3) is 2.98. The predicted octanol–water partition coefficient (Wildman–Crippen LogP) is 6.28. The van der Waals surface area contributed by atoms with E-state index in [-0.39, 0.29) is 0 Å². The van der Waals surface area contributed by atoms with Gasteiger partial charge in [-0.25, -0.2) is 0 Å². The molecule has 6 atom stereocenters. The van der Waals surface area contributed by atoms with Crippen molar-refractivity contribution in [2.75, 3.05) is 0 Å². The Morgan fingerprint density at radius 3 is 2.55 bits per heavy atom. The molecule has 0 heterocycles. The minimum Gasteiger partial charge on any atom is -0.389 e. The molecule has 0 bridgehead atoms. The summed E-state index contributed by atoms with van der Waals surface area (Å²) in [5.41, 5.74) is 7.35. The molecule has 4 aliphatic rings. The van der Waals surface area contributed by atoms with E-state index in [0.717, 1.165) is 30.2 Å². The monoisotopic (exact) mass is 390 g/mol. The highest BCUT2D eigenvalue weighted by atomic mass is 16.3. The maximum Gasteiger partial charge on any atom is 0.156 e. The number of aliphatic hydroxyl groups excluding tert-OH is 1. The Morgan fingerprint density at radius 2 is 1.83 bits per heavy atom. The molecule has 2 saturated carbocycles. The van der Waals surface area contributed by atoms with Crippen LogP contribution in [0.4, 0.5) is 0 Å². The van der Waals surface area contributed by atoms with E-state index in [9.17, 15) is 9.90 Å². The second-order valence-electron chi connectivity index (χ2n) is 10.4. The second-order valence-corrected chi connectivity index (χ2v) is 10.4. The quantitative estimate of drug-likeness (QED) is 0.645. The van der Waals surface area contributed by atoms with Gasteiger partial charge in [-0.05, 0) is 97.0 Å². The zero-order valence-corrected chi connectivity index (χ0v) is 18.1. The van der Waals surface area contributed by atoms with Gasteiger partial charge in [-0.2, -0.15) is 0 Å². The normalized spacial score (nSPS) is 37.5. The number of hydrogen-bond donors (Lipinski definition) is 1. The first-order valence-corrected chi connectivity index (χ1v) is 11.6. The molecule has 6 unspecified atom stereocenters. The van der Waals surface area contributed by atoms with Gasteiger partial charge in [0.2, 0.25) is 0 Å². The molecule has 5 rings (SSSR count). The third-order valence-electron chi connectivity index (χ3n) is 9.03. The van der Waals surface area contributed by atoms with Crippen LogP contribution in [0.3, 0.4) is 0 Å². The van der Waals surface area contributed by atoms with E-state index in [1.807, 2.05) is 13.0 Å². The van der Waals surface area contributed by atoms with E-state index < -0.39 is 6.10 Å². The fourth-order valence-electron chi connectivity index (χ4n) is 7.21. The van der Waals surface area contributed by atoms with Crippen LogP contribution in [0, 0.1) is 23.2 Å². The number of fused-ring (bicyclic) bond motifs is 4. The molecular formula is C27H34O2. The lowest BCUT2D eigenvalue weighted by atomic mass is 9.52. The van der Waals surface area contributed by atoms with Crippen LogP contribution in [0.1, 0.15) is 88.9 Å². The Balaban J connectivity index is 1.64. The number of ketones is 1. The molecule has 0 spiro atoms. The van der Waals surface area contributed by atoms with E-state index in [4.69, 9.17) is 0 Å². The summed E-state index contributed by atoms with van der Waals surface area (Å²) in [5.74, 6) is 3.03. The van der Waals surface area contributed by atoms with Crippen molar-refractivity contribution in [3.63, 3.8) is 0 Å². The number of rotatable bonds is 2. The van der Waals surface area contributed by atoms with Crippen LogP contribution in [0.5, 0.6) is 0 Å². The summed E-state index contributed by atoms with van der Waals surface area (Å²) in [7, 11) is 0. The van der Waals surface area contributed by atoms with Crippen molar-refractivity contribution in [1.29, 1.82) is 0 Å². The molecule has 29 heavy (non-hydrogen) atoms. The minimum absolute atomic E-state index is 0.316. The zero-order valence-electron chi connectivity index (χ0n) is 18.1. The lowest BCUT2D eigenvalue weighted by molar-refractivity contribution is -0.114. The standard InChI is InChI=1S/C27H34O2/c1-16-4-13-25-23-11-9-20-14-21(29)10-12-22(20)26(23)24(15-27(16,25)3)19-7-5-18(6-8-19)17(2)28/h5-8,14,16-17,23-25,28H,4,9-13,15H2,1-3H3. The number of hydrogen-bond acceptors (Lipinski definition) is 2. The van der Waals surface area contributed by atoms with Gasteiger partial charge in [-0.3, -0.25) is 4.79 Å². The molecule has 2 heteroatoms. The molecule has 1 aromatic carbocycles. The molecule has 4 aliphatic carbocycles. The number of carbonyl (C=O) groups is 1. The van der Waals surface area contributed by atoms with Gasteiger partial charge < -0.3 is 5.11 Å². The molecule has 1 aromatic rings. The largest absolute Gasteiger partial charge is 0.389 e. The third-order valence-corrected chi connectivity index (χ3v) is 9.03. The Hall–Kier alpha value is -1.67. The lowest BCUT2D eigenvalue weighted by Crippen LogP contribution is -2.42. The lowest BCUT2D eigenvalue weighted by Gasteiger charge is -2.52. The number of benzene rings is 1. The summed E-state index contributed by atoms with van der Waals surface area (Å²) in [6.45, 7) is 6.86. The van der Waals surface area contributed by atoms with Crippen molar-refractivity contribution in [2.24, 2.45) is 23.2 Å². The fraction of sp³-hybridized carbons (Fsp3) is 0.593. The number of carbonyl (C=O) groups excluding carboxylic acids is 1. The Morgan fingerprint density at radius 1 is 1.07 bits per heavy atom. The van der Waals surface area contributed by atoms with Gasteiger partial charge in [0.15, 0.2) is 5.78 Å². The van der Waals surface area contributed by atoms with Crippen LogP contribution in [0.25, 0.3) is 0 Å². The Bertz CT molecular complexity index is 888. The highest BCUT2D eigenvalue weighted by Crippen LogP contribution is 2.65. The van der Waals surface area contributed by atoms with Gasteiger partial charge in [-0.15, -0.1) is 0 Å². The zero-order chi connectivity index (χ0) is 20.3. The maximum absolute atomic E-state index is 12.1. The average Bonchev–Trinajstić information content (AvgIpc) is 3.01.